The molecule has 5 amide bonds. The Hall–Kier alpha value is -4.12. The summed E-state index contributed by atoms with van der Waals surface area (Å²) in [6.45, 7) is 3.57. The summed E-state index contributed by atoms with van der Waals surface area (Å²) >= 11 is 0. The molecule has 3 N–H and O–H groups in total. The molecule has 0 aromatic heterocycles. The van der Waals surface area contributed by atoms with Gasteiger partial charge >= 0.3 is 18.0 Å². The summed E-state index contributed by atoms with van der Waals surface area (Å²) in [7, 11) is 1.20. The van der Waals surface area contributed by atoms with E-state index >= 15 is 0 Å². The van der Waals surface area contributed by atoms with E-state index in [1.165, 1.54) is 43.9 Å². The third-order valence-electron chi connectivity index (χ3n) is 7.25. The molecule has 0 spiro atoms. The van der Waals surface area contributed by atoms with E-state index in [2.05, 4.69) is 27.0 Å². The van der Waals surface area contributed by atoms with Crippen molar-refractivity contribution in [1.29, 1.82) is 0 Å². The minimum Gasteiger partial charge on any atom is -0.468 e. The average Bonchev–Trinajstić information content (AvgIpc) is 2.95. The molecule has 0 bridgehead atoms. The van der Waals surface area contributed by atoms with Gasteiger partial charge in [-0.1, -0.05) is 24.3 Å². The first-order valence-electron chi connectivity index (χ1n) is 13.4. The van der Waals surface area contributed by atoms with E-state index in [0.717, 1.165) is 36.5 Å². The average molecular weight is 552 g/mol. The summed E-state index contributed by atoms with van der Waals surface area (Å²) in [6.07, 6.45) is 2.58. The molecule has 2 heterocycles. The zero-order valence-electron chi connectivity index (χ0n) is 22.6. The van der Waals surface area contributed by atoms with Gasteiger partial charge in [-0.25, -0.2) is 23.9 Å². The highest BCUT2D eigenvalue weighted by Crippen LogP contribution is 2.35. The molecule has 1 saturated heterocycles. The predicted octanol–water partition coefficient (Wildman–Crippen LogP) is 4.15. The lowest BCUT2D eigenvalue weighted by Gasteiger charge is -2.36. The molecular formula is C29H34FN5O5. The number of imide groups is 1. The number of aliphatic imine (C=N–C) groups is 1. The molecular weight excluding hydrogens is 517 g/mol. The van der Waals surface area contributed by atoms with Crippen molar-refractivity contribution < 1.29 is 28.3 Å². The molecule has 212 valence electrons. The Kier molecular flexibility index (Phi) is 9.60. The van der Waals surface area contributed by atoms with Gasteiger partial charge in [0.25, 0.3) is 0 Å². The van der Waals surface area contributed by atoms with Crippen LogP contribution in [0.5, 0.6) is 0 Å². The van der Waals surface area contributed by atoms with Crippen LogP contribution in [0.3, 0.4) is 0 Å². The van der Waals surface area contributed by atoms with E-state index in [1.807, 2.05) is 18.2 Å². The van der Waals surface area contributed by atoms with Gasteiger partial charge in [0.15, 0.2) is 0 Å². The summed E-state index contributed by atoms with van der Waals surface area (Å²) in [5.74, 6) is -1.96. The second-order valence-corrected chi connectivity index (χ2v) is 9.94. The summed E-state index contributed by atoms with van der Waals surface area (Å²) < 4.78 is 18.5. The highest BCUT2D eigenvalue weighted by atomic mass is 19.1. The number of nitrogens with zero attached hydrogens (tertiary/aromatic N) is 2. The Labute approximate surface area is 232 Å². The van der Waals surface area contributed by atoms with Gasteiger partial charge in [-0.15, -0.1) is 0 Å². The van der Waals surface area contributed by atoms with Gasteiger partial charge in [0.2, 0.25) is 5.91 Å². The van der Waals surface area contributed by atoms with Crippen LogP contribution in [0.4, 0.5) is 19.7 Å². The molecule has 11 heteroatoms. The van der Waals surface area contributed by atoms with Gasteiger partial charge in [-0.3, -0.25) is 9.59 Å². The Morgan fingerprint density at radius 2 is 1.82 bits per heavy atom. The number of ether oxygens (including phenoxy) is 1. The summed E-state index contributed by atoms with van der Waals surface area (Å²) in [4.78, 5) is 55.8. The fraction of sp³-hybridized carbons (Fsp3) is 0.414. The Morgan fingerprint density at radius 1 is 1.10 bits per heavy atom. The lowest BCUT2D eigenvalue weighted by atomic mass is 9.87. The number of halogens is 1. The maximum atomic E-state index is 13.6. The van der Waals surface area contributed by atoms with Crippen molar-refractivity contribution in [1.82, 2.24) is 15.5 Å². The molecule has 2 aliphatic rings. The molecule has 2 unspecified atom stereocenters. The van der Waals surface area contributed by atoms with Crippen LogP contribution in [-0.4, -0.2) is 61.3 Å². The normalized spacial score (nSPS) is 19.5. The monoisotopic (exact) mass is 551 g/mol. The van der Waals surface area contributed by atoms with Crippen LogP contribution in [0.1, 0.15) is 55.7 Å². The van der Waals surface area contributed by atoms with Gasteiger partial charge in [0, 0.05) is 24.4 Å². The highest BCUT2D eigenvalue weighted by molar-refractivity contribution is 6.11. The molecule has 4 rings (SSSR count). The van der Waals surface area contributed by atoms with Crippen LogP contribution < -0.4 is 16.0 Å². The molecule has 2 aromatic rings. The van der Waals surface area contributed by atoms with Crippen LogP contribution >= 0.6 is 0 Å². The molecule has 0 saturated carbocycles. The third kappa shape index (κ3) is 6.90. The van der Waals surface area contributed by atoms with Gasteiger partial charge in [-0.2, -0.15) is 0 Å². The van der Waals surface area contributed by atoms with Crippen molar-refractivity contribution in [3.05, 3.63) is 65.5 Å². The Morgan fingerprint density at radius 3 is 2.52 bits per heavy atom. The first-order chi connectivity index (χ1) is 19.3. The standard InChI is InChI=1S/C29H34FN5O5/c1-18-25(27(37)40-2)26(20-8-10-22(30)11-9-20)35(29(39)33-18)28(38)32-14-4-7-24(36)34-23-6-3-5-21(17-23)19-12-15-31-16-13-19/h3,5-6,8-11,17,19,25-26,31H,4,7,12-16H2,1-2H3,(H,32,38)(H,34,36). The number of benzene rings is 2. The van der Waals surface area contributed by atoms with Gasteiger partial charge < -0.3 is 20.7 Å². The zero-order valence-corrected chi connectivity index (χ0v) is 22.6. The minimum absolute atomic E-state index is 0.104. The van der Waals surface area contributed by atoms with Gasteiger partial charge in [-0.05, 0) is 80.6 Å². The number of hydrogen-bond donors (Lipinski definition) is 3. The maximum absolute atomic E-state index is 13.6. The second kappa shape index (κ2) is 13.3. The van der Waals surface area contributed by atoms with Crippen molar-refractivity contribution in [3.63, 3.8) is 0 Å². The second-order valence-electron chi connectivity index (χ2n) is 9.94. The number of urea groups is 2. The van der Waals surface area contributed by atoms with Crippen LogP contribution in [-0.2, 0) is 14.3 Å². The number of esters is 1. The summed E-state index contributed by atoms with van der Waals surface area (Å²) in [5.41, 5.74) is 2.50. The lowest BCUT2D eigenvalue weighted by molar-refractivity contribution is -0.144. The van der Waals surface area contributed by atoms with Crippen molar-refractivity contribution in [3.8, 4) is 0 Å². The predicted molar refractivity (Wildman–Crippen MR) is 148 cm³/mol. The van der Waals surface area contributed by atoms with E-state index < -0.39 is 35.8 Å². The number of carbonyl (C=O) groups excluding carboxylic acids is 4. The first kappa shape index (κ1) is 28.9. The number of piperidine rings is 1. The summed E-state index contributed by atoms with van der Waals surface area (Å²) in [5, 5.41) is 8.91. The highest BCUT2D eigenvalue weighted by Gasteiger charge is 2.45. The lowest BCUT2D eigenvalue weighted by Crippen LogP contribution is -2.52. The number of carbonyl (C=O) groups is 4. The number of methoxy groups -OCH3 is 1. The topological polar surface area (TPSA) is 129 Å². The number of amides is 5. The quantitative estimate of drug-likeness (QED) is 0.334. The maximum Gasteiger partial charge on any atom is 0.352 e. The summed E-state index contributed by atoms with van der Waals surface area (Å²) in [6, 6.07) is 10.4. The smallest absolute Gasteiger partial charge is 0.352 e. The molecule has 2 aliphatic heterocycles. The van der Waals surface area contributed by atoms with E-state index in [-0.39, 0.29) is 24.6 Å². The van der Waals surface area contributed by atoms with Crippen molar-refractivity contribution in [2.45, 2.75) is 44.6 Å². The molecule has 1 fully saturated rings. The molecule has 2 aromatic carbocycles. The number of hydrogen-bond acceptors (Lipinski definition) is 6. The number of rotatable bonds is 8. The van der Waals surface area contributed by atoms with E-state index in [0.29, 0.717) is 17.9 Å². The van der Waals surface area contributed by atoms with E-state index in [1.54, 1.807) is 0 Å². The molecule has 40 heavy (non-hydrogen) atoms. The van der Waals surface area contributed by atoms with Crippen molar-refractivity contribution in [2.24, 2.45) is 10.9 Å². The van der Waals surface area contributed by atoms with E-state index in [4.69, 9.17) is 4.74 Å². The first-order valence-corrected chi connectivity index (χ1v) is 13.4. The molecule has 10 nitrogen and oxygen atoms in total. The number of nitrogens with one attached hydrogen (secondary N) is 3. The fourth-order valence-electron chi connectivity index (χ4n) is 5.19. The Bertz CT molecular complexity index is 1280. The van der Waals surface area contributed by atoms with Crippen molar-refractivity contribution >= 4 is 35.3 Å². The van der Waals surface area contributed by atoms with Crippen LogP contribution in [0.15, 0.2) is 53.5 Å². The molecule has 2 atom stereocenters. The Balaban J connectivity index is 1.36. The van der Waals surface area contributed by atoms with Crippen LogP contribution in [0.25, 0.3) is 0 Å². The van der Waals surface area contributed by atoms with Crippen molar-refractivity contribution in [2.75, 3.05) is 32.1 Å². The molecule has 0 radical (unpaired) electrons. The SMILES string of the molecule is COC(=O)C1C(C)=NC(=O)N(C(=O)NCCCC(=O)Nc2cccc(C3CCNCC3)c2)C1c1ccc(F)cc1. The minimum atomic E-state index is -1.08. The number of anilines is 1. The largest absolute Gasteiger partial charge is 0.468 e. The van der Waals surface area contributed by atoms with Gasteiger partial charge in [0.1, 0.15) is 11.7 Å². The van der Waals surface area contributed by atoms with Gasteiger partial charge in [0.05, 0.1) is 13.2 Å². The van der Waals surface area contributed by atoms with Crippen LogP contribution in [0.2, 0.25) is 0 Å². The van der Waals surface area contributed by atoms with Crippen LogP contribution in [0, 0.1) is 11.7 Å². The zero-order chi connectivity index (χ0) is 28.6. The molecule has 0 aliphatic carbocycles. The third-order valence-corrected chi connectivity index (χ3v) is 7.25. The fourth-order valence-corrected chi connectivity index (χ4v) is 5.19. The van der Waals surface area contributed by atoms with E-state index in [9.17, 15) is 23.6 Å².